The standard InChI is InChI=1S/C23H21NO5/c1-14(28-20-11-7-6-10-19(20)26-2)23(25)24-17-13-21-16(12-22(17)27-3)15-8-4-5-9-18(15)29-21/h4-14H,1-3H3,(H,24,25)/t14-/m0/s1. The molecule has 0 unspecified atom stereocenters. The van der Waals surface area contributed by atoms with E-state index in [0.29, 0.717) is 28.5 Å². The van der Waals surface area contributed by atoms with Crippen LogP contribution in [-0.4, -0.2) is 26.2 Å². The summed E-state index contributed by atoms with van der Waals surface area (Å²) in [5.74, 6) is 1.29. The Morgan fingerprint density at radius 3 is 2.31 bits per heavy atom. The van der Waals surface area contributed by atoms with Crippen LogP contribution in [0.3, 0.4) is 0 Å². The van der Waals surface area contributed by atoms with Gasteiger partial charge >= 0.3 is 0 Å². The number of para-hydroxylation sites is 3. The molecule has 1 N–H and O–H groups in total. The molecule has 0 saturated heterocycles. The van der Waals surface area contributed by atoms with Gasteiger partial charge in [-0.25, -0.2) is 0 Å². The number of methoxy groups -OCH3 is 2. The lowest BCUT2D eigenvalue weighted by Gasteiger charge is -2.17. The van der Waals surface area contributed by atoms with Gasteiger partial charge in [0.05, 0.1) is 19.9 Å². The summed E-state index contributed by atoms with van der Waals surface area (Å²) in [6, 6.07) is 18.6. The predicted octanol–water partition coefficient (Wildman–Crippen LogP) is 5.01. The smallest absolute Gasteiger partial charge is 0.265 e. The van der Waals surface area contributed by atoms with E-state index in [0.717, 1.165) is 16.4 Å². The van der Waals surface area contributed by atoms with Crippen molar-refractivity contribution < 1.29 is 23.4 Å². The van der Waals surface area contributed by atoms with Crippen molar-refractivity contribution >= 4 is 33.5 Å². The summed E-state index contributed by atoms with van der Waals surface area (Å²) in [7, 11) is 3.12. The van der Waals surface area contributed by atoms with E-state index in [9.17, 15) is 4.79 Å². The Morgan fingerprint density at radius 1 is 0.862 bits per heavy atom. The largest absolute Gasteiger partial charge is 0.495 e. The van der Waals surface area contributed by atoms with E-state index in [-0.39, 0.29) is 5.91 Å². The minimum atomic E-state index is -0.748. The van der Waals surface area contributed by atoms with Crippen molar-refractivity contribution in [1.82, 2.24) is 0 Å². The molecule has 0 saturated carbocycles. The highest BCUT2D eigenvalue weighted by atomic mass is 16.5. The second-order valence-corrected chi connectivity index (χ2v) is 6.55. The third kappa shape index (κ3) is 3.57. The first-order valence-corrected chi connectivity index (χ1v) is 9.20. The normalized spacial score (nSPS) is 12.0. The molecule has 0 spiro atoms. The molecule has 0 fully saturated rings. The van der Waals surface area contributed by atoms with E-state index < -0.39 is 6.10 Å². The zero-order valence-corrected chi connectivity index (χ0v) is 16.4. The molecule has 6 heteroatoms. The van der Waals surface area contributed by atoms with Crippen LogP contribution in [-0.2, 0) is 4.79 Å². The number of fused-ring (bicyclic) bond motifs is 3. The van der Waals surface area contributed by atoms with Crippen LogP contribution in [0.1, 0.15) is 6.92 Å². The van der Waals surface area contributed by atoms with Gasteiger partial charge in [0.15, 0.2) is 17.6 Å². The maximum absolute atomic E-state index is 12.7. The predicted molar refractivity (Wildman–Crippen MR) is 112 cm³/mol. The highest BCUT2D eigenvalue weighted by molar-refractivity contribution is 6.08. The maximum atomic E-state index is 12.7. The van der Waals surface area contributed by atoms with E-state index >= 15 is 0 Å². The summed E-state index contributed by atoms with van der Waals surface area (Å²) in [4.78, 5) is 12.7. The zero-order valence-electron chi connectivity index (χ0n) is 16.4. The van der Waals surface area contributed by atoms with Crippen molar-refractivity contribution in [2.75, 3.05) is 19.5 Å². The minimum Gasteiger partial charge on any atom is -0.495 e. The van der Waals surface area contributed by atoms with Gasteiger partial charge < -0.3 is 23.9 Å². The van der Waals surface area contributed by atoms with E-state index in [2.05, 4.69) is 5.32 Å². The van der Waals surface area contributed by atoms with Gasteiger partial charge in [-0.1, -0.05) is 30.3 Å². The number of amides is 1. The number of furan rings is 1. The average molecular weight is 391 g/mol. The number of anilines is 1. The summed E-state index contributed by atoms with van der Waals surface area (Å²) < 4.78 is 22.4. The van der Waals surface area contributed by atoms with Crippen LogP contribution in [0.25, 0.3) is 21.9 Å². The Bertz CT molecular complexity index is 1180. The van der Waals surface area contributed by atoms with Crippen LogP contribution in [0.5, 0.6) is 17.2 Å². The second kappa shape index (κ2) is 7.75. The van der Waals surface area contributed by atoms with Gasteiger partial charge in [0, 0.05) is 16.8 Å². The van der Waals surface area contributed by atoms with Gasteiger partial charge in [-0.3, -0.25) is 4.79 Å². The molecule has 29 heavy (non-hydrogen) atoms. The Labute approximate surface area is 168 Å². The Balaban J connectivity index is 1.60. The number of nitrogens with one attached hydrogen (secondary N) is 1. The molecule has 3 aromatic carbocycles. The number of hydrogen-bond donors (Lipinski definition) is 1. The maximum Gasteiger partial charge on any atom is 0.265 e. The van der Waals surface area contributed by atoms with Crippen molar-refractivity contribution in [2.24, 2.45) is 0 Å². The lowest BCUT2D eigenvalue weighted by atomic mass is 10.1. The number of ether oxygens (including phenoxy) is 3. The third-order valence-electron chi connectivity index (χ3n) is 4.70. The van der Waals surface area contributed by atoms with Crippen LogP contribution in [0.15, 0.2) is 65.1 Å². The fourth-order valence-electron chi connectivity index (χ4n) is 3.21. The number of rotatable bonds is 6. The van der Waals surface area contributed by atoms with E-state index in [1.165, 1.54) is 0 Å². The molecule has 0 aliphatic carbocycles. The van der Waals surface area contributed by atoms with Crippen LogP contribution < -0.4 is 19.5 Å². The molecule has 1 aromatic heterocycles. The lowest BCUT2D eigenvalue weighted by Crippen LogP contribution is -2.30. The van der Waals surface area contributed by atoms with Crippen molar-refractivity contribution in [1.29, 1.82) is 0 Å². The van der Waals surface area contributed by atoms with Gasteiger partial charge in [0.1, 0.15) is 16.9 Å². The first-order valence-electron chi connectivity index (χ1n) is 9.20. The van der Waals surface area contributed by atoms with E-state index in [4.69, 9.17) is 18.6 Å². The molecule has 148 valence electrons. The van der Waals surface area contributed by atoms with Crippen LogP contribution in [0, 0.1) is 0 Å². The summed E-state index contributed by atoms with van der Waals surface area (Å²) >= 11 is 0. The Morgan fingerprint density at radius 2 is 1.55 bits per heavy atom. The van der Waals surface area contributed by atoms with Crippen LogP contribution in [0.4, 0.5) is 5.69 Å². The van der Waals surface area contributed by atoms with Crippen LogP contribution >= 0.6 is 0 Å². The molecule has 0 aliphatic rings. The lowest BCUT2D eigenvalue weighted by molar-refractivity contribution is -0.122. The number of benzene rings is 3. The topological polar surface area (TPSA) is 69.9 Å². The minimum absolute atomic E-state index is 0.315. The third-order valence-corrected chi connectivity index (χ3v) is 4.70. The molecule has 4 rings (SSSR count). The van der Waals surface area contributed by atoms with E-state index in [1.54, 1.807) is 39.3 Å². The quantitative estimate of drug-likeness (QED) is 0.500. The summed E-state index contributed by atoms with van der Waals surface area (Å²) in [5, 5.41) is 4.78. The number of carbonyl (C=O) groups is 1. The Kier molecular flexibility index (Phi) is 4.99. The molecule has 1 amide bonds. The van der Waals surface area contributed by atoms with Gasteiger partial charge in [0.25, 0.3) is 5.91 Å². The highest BCUT2D eigenvalue weighted by Gasteiger charge is 2.20. The molecule has 4 aromatic rings. The van der Waals surface area contributed by atoms with Crippen molar-refractivity contribution in [2.45, 2.75) is 13.0 Å². The molecule has 1 atom stereocenters. The molecule has 0 bridgehead atoms. The fourth-order valence-corrected chi connectivity index (χ4v) is 3.21. The average Bonchev–Trinajstić information content (AvgIpc) is 3.10. The first kappa shape index (κ1) is 18.7. The number of carbonyl (C=O) groups excluding carboxylic acids is 1. The van der Waals surface area contributed by atoms with E-state index in [1.807, 2.05) is 42.5 Å². The van der Waals surface area contributed by atoms with Gasteiger partial charge in [-0.2, -0.15) is 0 Å². The van der Waals surface area contributed by atoms with Crippen LogP contribution in [0.2, 0.25) is 0 Å². The summed E-state index contributed by atoms with van der Waals surface area (Å²) in [5.41, 5.74) is 1.96. The molecule has 0 aliphatic heterocycles. The highest BCUT2D eigenvalue weighted by Crippen LogP contribution is 2.36. The van der Waals surface area contributed by atoms with Gasteiger partial charge in [-0.05, 0) is 31.2 Å². The summed E-state index contributed by atoms with van der Waals surface area (Å²) in [6.07, 6.45) is -0.748. The van der Waals surface area contributed by atoms with Crippen molar-refractivity contribution in [3.8, 4) is 17.2 Å². The fraction of sp³-hybridized carbons (Fsp3) is 0.174. The molecular weight excluding hydrogens is 370 g/mol. The zero-order chi connectivity index (χ0) is 20.4. The molecular formula is C23H21NO5. The second-order valence-electron chi connectivity index (χ2n) is 6.55. The van der Waals surface area contributed by atoms with Gasteiger partial charge in [-0.15, -0.1) is 0 Å². The van der Waals surface area contributed by atoms with Gasteiger partial charge in [0.2, 0.25) is 0 Å². The molecule has 0 radical (unpaired) electrons. The first-order chi connectivity index (χ1) is 14.1. The number of hydrogen-bond acceptors (Lipinski definition) is 5. The molecule has 1 heterocycles. The van der Waals surface area contributed by atoms with Crippen molar-refractivity contribution in [3.63, 3.8) is 0 Å². The Hall–Kier alpha value is -3.67. The monoisotopic (exact) mass is 391 g/mol. The van der Waals surface area contributed by atoms with Crippen molar-refractivity contribution in [3.05, 3.63) is 60.7 Å². The SMILES string of the molecule is COc1cc2c(cc1NC(=O)[C@H](C)Oc1ccccc1OC)oc1ccccc12. The summed E-state index contributed by atoms with van der Waals surface area (Å²) in [6.45, 7) is 1.67. The molecule has 6 nitrogen and oxygen atoms in total.